The van der Waals surface area contributed by atoms with Crippen molar-refractivity contribution in [2.24, 2.45) is 0 Å². The summed E-state index contributed by atoms with van der Waals surface area (Å²) in [5.74, 6) is -0.881. The minimum Gasteiger partial charge on any atom is -0.462 e. The normalized spacial score (nSPS) is 12.3. The van der Waals surface area contributed by atoms with Crippen LogP contribution in [0, 0.1) is 0 Å². The molecule has 0 bridgehead atoms. The van der Waals surface area contributed by atoms with Gasteiger partial charge >= 0.3 is 17.9 Å². The second-order valence-electron chi connectivity index (χ2n) is 22.0. The Balaban J connectivity index is 3.99. The Labute approximate surface area is 460 Å². The van der Waals surface area contributed by atoms with E-state index in [2.05, 4.69) is 69.4 Å². The molecular weight excluding hydrogens is 913 g/mol. The highest BCUT2D eigenvalue weighted by Gasteiger charge is 2.19. The predicted molar refractivity (Wildman–Crippen MR) is 321 cm³/mol. The van der Waals surface area contributed by atoms with Crippen LogP contribution >= 0.6 is 0 Å². The van der Waals surface area contributed by atoms with Gasteiger partial charge in [0.25, 0.3) is 0 Å². The quantitative estimate of drug-likeness (QED) is 0.0261. The molecule has 0 spiro atoms. The highest BCUT2D eigenvalue weighted by Crippen LogP contribution is 2.17. The first-order valence-corrected chi connectivity index (χ1v) is 32.6. The van der Waals surface area contributed by atoms with Gasteiger partial charge in [-0.05, 0) is 83.5 Å². The summed E-state index contributed by atoms with van der Waals surface area (Å²) >= 11 is 0. The minimum absolute atomic E-state index is 0.0752. The number of carbonyl (C=O) groups is 3. The minimum atomic E-state index is -0.776. The van der Waals surface area contributed by atoms with Gasteiger partial charge in [-0.1, -0.05) is 294 Å². The van der Waals surface area contributed by atoms with Gasteiger partial charge < -0.3 is 14.2 Å². The van der Waals surface area contributed by atoms with Gasteiger partial charge in [-0.25, -0.2) is 0 Å². The molecule has 1 unspecified atom stereocenters. The second-order valence-corrected chi connectivity index (χ2v) is 22.0. The molecule has 0 N–H and O–H groups in total. The Kier molecular flexibility index (Phi) is 60.7. The summed E-state index contributed by atoms with van der Waals surface area (Å²) in [6, 6.07) is 0. The van der Waals surface area contributed by atoms with Crippen molar-refractivity contribution in [2.45, 2.75) is 354 Å². The summed E-state index contributed by atoms with van der Waals surface area (Å²) in [4.78, 5) is 38.0. The van der Waals surface area contributed by atoms with Crippen molar-refractivity contribution < 1.29 is 28.6 Å². The van der Waals surface area contributed by atoms with Crippen molar-refractivity contribution in [1.29, 1.82) is 0 Å². The fourth-order valence-corrected chi connectivity index (χ4v) is 9.62. The molecule has 6 nitrogen and oxygen atoms in total. The molecule has 0 aliphatic carbocycles. The van der Waals surface area contributed by atoms with Crippen LogP contribution in [0.25, 0.3) is 0 Å². The van der Waals surface area contributed by atoms with E-state index in [-0.39, 0.29) is 31.1 Å². The Morgan fingerprint density at radius 2 is 0.486 bits per heavy atom. The van der Waals surface area contributed by atoms with E-state index in [0.29, 0.717) is 19.3 Å². The number of allylic oxidation sites excluding steroid dienone is 8. The Morgan fingerprint density at radius 3 is 0.797 bits per heavy atom. The molecule has 0 rings (SSSR count). The second kappa shape index (κ2) is 62.9. The molecule has 0 aromatic rings. The predicted octanol–water partition coefficient (Wildman–Crippen LogP) is 22.2. The number of rotatable bonds is 60. The van der Waals surface area contributed by atoms with E-state index < -0.39 is 6.10 Å². The first-order valence-electron chi connectivity index (χ1n) is 32.6. The number of unbranched alkanes of at least 4 members (excludes halogenated alkanes) is 41. The molecule has 0 saturated heterocycles. The van der Waals surface area contributed by atoms with Crippen molar-refractivity contribution >= 4 is 17.9 Å². The molecule has 0 amide bonds. The van der Waals surface area contributed by atoms with Gasteiger partial charge in [0.05, 0.1) is 0 Å². The van der Waals surface area contributed by atoms with Crippen LogP contribution in [0.1, 0.15) is 348 Å². The average molecular weight is 1040 g/mol. The van der Waals surface area contributed by atoms with Crippen molar-refractivity contribution in [2.75, 3.05) is 13.2 Å². The third-order valence-corrected chi connectivity index (χ3v) is 14.6. The highest BCUT2D eigenvalue weighted by molar-refractivity contribution is 5.71. The van der Waals surface area contributed by atoms with Crippen molar-refractivity contribution in [3.05, 3.63) is 48.6 Å². The first-order chi connectivity index (χ1) is 36.5. The maximum atomic E-state index is 12.8. The monoisotopic (exact) mass is 1040 g/mol. The number of ether oxygens (including phenoxy) is 3. The van der Waals surface area contributed by atoms with Crippen LogP contribution in [-0.4, -0.2) is 37.2 Å². The first kappa shape index (κ1) is 71.4. The molecule has 0 aliphatic heterocycles. The van der Waals surface area contributed by atoms with Gasteiger partial charge in [0.15, 0.2) is 6.10 Å². The van der Waals surface area contributed by atoms with Crippen LogP contribution in [-0.2, 0) is 28.6 Å². The van der Waals surface area contributed by atoms with Gasteiger partial charge in [0, 0.05) is 19.3 Å². The molecular formula is C68H124O6. The molecule has 0 radical (unpaired) electrons. The fourth-order valence-electron chi connectivity index (χ4n) is 9.62. The molecule has 432 valence electrons. The van der Waals surface area contributed by atoms with E-state index in [0.717, 1.165) is 77.0 Å². The Bertz CT molecular complexity index is 1280. The lowest BCUT2D eigenvalue weighted by Crippen LogP contribution is -2.30. The summed E-state index contributed by atoms with van der Waals surface area (Å²) in [5.41, 5.74) is 0. The van der Waals surface area contributed by atoms with E-state index in [1.165, 1.54) is 231 Å². The third-order valence-electron chi connectivity index (χ3n) is 14.6. The van der Waals surface area contributed by atoms with Crippen LogP contribution in [0.15, 0.2) is 48.6 Å². The summed E-state index contributed by atoms with van der Waals surface area (Å²) in [7, 11) is 0. The van der Waals surface area contributed by atoms with E-state index in [9.17, 15) is 14.4 Å². The van der Waals surface area contributed by atoms with Crippen LogP contribution in [0.4, 0.5) is 0 Å². The zero-order chi connectivity index (χ0) is 53.6. The molecule has 0 heterocycles. The molecule has 6 heteroatoms. The number of hydrogen-bond donors (Lipinski definition) is 0. The fraction of sp³-hybridized carbons (Fsp3) is 0.838. The highest BCUT2D eigenvalue weighted by atomic mass is 16.6. The lowest BCUT2D eigenvalue weighted by molar-refractivity contribution is -0.167. The topological polar surface area (TPSA) is 78.9 Å². The van der Waals surface area contributed by atoms with Gasteiger partial charge in [0.1, 0.15) is 13.2 Å². The summed E-state index contributed by atoms with van der Waals surface area (Å²) in [5, 5.41) is 0. The van der Waals surface area contributed by atoms with Gasteiger partial charge in [-0.15, -0.1) is 0 Å². The average Bonchev–Trinajstić information content (AvgIpc) is 3.40. The van der Waals surface area contributed by atoms with Gasteiger partial charge in [-0.3, -0.25) is 14.4 Å². The standard InChI is InChI=1S/C68H124O6/c1-4-7-10-13-16-18-20-22-24-26-28-29-30-31-32-33-34-35-36-37-38-39-41-42-44-46-48-50-52-55-58-61-67(70)73-64-65(63-72-66(69)60-57-54-15-12-9-6-3)74-68(71)62-59-56-53-51-49-47-45-43-40-27-25-23-21-19-17-14-11-8-5-2/h17,19,23,25-26,28,40,43,65H,4-16,18,20-22,24,27,29-39,41-42,44-64H2,1-3H3/b19-17-,25-23-,28-26-,43-40-. The van der Waals surface area contributed by atoms with Crippen LogP contribution < -0.4 is 0 Å². The number of carbonyl (C=O) groups excluding carboxylic acids is 3. The number of esters is 3. The summed E-state index contributed by atoms with van der Waals surface area (Å²) in [6.07, 6.45) is 78.9. The summed E-state index contributed by atoms with van der Waals surface area (Å²) in [6.45, 7) is 6.58. The maximum absolute atomic E-state index is 12.8. The Hall–Kier alpha value is -2.63. The molecule has 0 aliphatic rings. The maximum Gasteiger partial charge on any atom is 0.306 e. The molecule has 0 saturated carbocycles. The molecule has 74 heavy (non-hydrogen) atoms. The van der Waals surface area contributed by atoms with E-state index in [1.54, 1.807) is 0 Å². The van der Waals surface area contributed by atoms with Crippen LogP contribution in [0.3, 0.4) is 0 Å². The van der Waals surface area contributed by atoms with Crippen LogP contribution in [0.5, 0.6) is 0 Å². The van der Waals surface area contributed by atoms with Gasteiger partial charge in [0.2, 0.25) is 0 Å². The zero-order valence-corrected chi connectivity index (χ0v) is 49.6. The van der Waals surface area contributed by atoms with E-state index >= 15 is 0 Å². The van der Waals surface area contributed by atoms with E-state index in [1.807, 2.05) is 0 Å². The summed E-state index contributed by atoms with van der Waals surface area (Å²) < 4.78 is 16.8. The van der Waals surface area contributed by atoms with E-state index in [4.69, 9.17) is 14.2 Å². The SMILES string of the molecule is CCCCC/C=C\C/C=C\C/C=C\CCCCCCCCC(=O)OC(COC(=O)CCCCCCCC)COC(=O)CCCCCCCCCCCCCCCCCCCCC/C=C\CCCCCCCCCC. The molecule has 0 fully saturated rings. The van der Waals surface area contributed by atoms with Crippen molar-refractivity contribution in [1.82, 2.24) is 0 Å². The van der Waals surface area contributed by atoms with Gasteiger partial charge in [-0.2, -0.15) is 0 Å². The van der Waals surface area contributed by atoms with Crippen molar-refractivity contribution in [3.63, 3.8) is 0 Å². The molecule has 0 aromatic carbocycles. The largest absolute Gasteiger partial charge is 0.462 e. The molecule has 0 aromatic heterocycles. The van der Waals surface area contributed by atoms with Crippen molar-refractivity contribution in [3.8, 4) is 0 Å². The number of hydrogen-bond acceptors (Lipinski definition) is 6. The lowest BCUT2D eigenvalue weighted by Gasteiger charge is -2.18. The lowest BCUT2D eigenvalue weighted by atomic mass is 10.0. The third kappa shape index (κ3) is 60.2. The van der Waals surface area contributed by atoms with Crippen LogP contribution in [0.2, 0.25) is 0 Å². The zero-order valence-electron chi connectivity index (χ0n) is 49.6. The molecule has 1 atom stereocenters. The smallest absolute Gasteiger partial charge is 0.306 e. The Morgan fingerprint density at radius 1 is 0.270 bits per heavy atom.